The quantitative estimate of drug-likeness (QED) is 0.462. The maximum atomic E-state index is 12.7. The maximum Gasteiger partial charge on any atom is 0.415 e. The van der Waals surface area contributed by atoms with E-state index in [0.29, 0.717) is 30.2 Å². The van der Waals surface area contributed by atoms with Gasteiger partial charge >= 0.3 is 6.09 Å². The number of hydrogen-bond donors (Lipinski definition) is 1. The summed E-state index contributed by atoms with van der Waals surface area (Å²) in [6.45, 7) is 9.93. The van der Waals surface area contributed by atoms with Crippen LogP contribution in [0, 0.1) is 6.92 Å². The molecule has 2 amide bonds. The van der Waals surface area contributed by atoms with Crippen LogP contribution in [0.2, 0.25) is 0 Å². The number of benzene rings is 1. The van der Waals surface area contributed by atoms with E-state index in [9.17, 15) is 9.59 Å². The molecule has 210 valence electrons. The van der Waals surface area contributed by atoms with Gasteiger partial charge in [-0.15, -0.1) is 0 Å². The number of nitrogens with one attached hydrogen (secondary N) is 1. The van der Waals surface area contributed by atoms with E-state index in [1.54, 1.807) is 17.0 Å². The Kier molecular flexibility index (Phi) is 9.33. The molecule has 1 N–H and O–H groups in total. The summed E-state index contributed by atoms with van der Waals surface area (Å²) >= 11 is 0. The van der Waals surface area contributed by atoms with Crippen LogP contribution >= 0.6 is 0 Å². The summed E-state index contributed by atoms with van der Waals surface area (Å²) in [4.78, 5) is 40.4. The molecule has 0 bridgehead atoms. The molecule has 0 saturated carbocycles. The Balaban J connectivity index is 1.04. The SMILES string of the molecule is Cc1ccc(CCN2CCN(C(=O)Oc3ccc(NC(=O)c4ccc(CN5CCOCC5)cc4)nc3)CC2)nc1. The molecule has 2 aliphatic heterocycles. The van der Waals surface area contributed by atoms with Gasteiger partial charge in [0, 0.05) is 76.2 Å². The Morgan fingerprint density at radius 2 is 1.65 bits per heavy atom. The summed E-state index contributed by atoms with van der Waals surface area (Å²) in [7, 11) is 0. The summed E-state index contributed by atoms with van der Waals surface area (Å²) in [5.41, 5.74) is 3.95. The van der Waals surface area contributed by atoms with Gasteiger partial charge in [0.05, 0.1) is 19.4 Å². The molecule has 1 aromatic carbocycles. The van der Waals surface area contributed by atoms with Crippen LogP contribution in [0.15, 0.2) is 60.9 Å². The van der Waals surface area contributed by atoms with Crippen molar-refractivity contribution in [2.24, 2.45) is 0 Å². The number of carbonyl (C=O) groups is 2. The third-order valence-electron chi connectivity index (χ3n) is 7.20. The standard InChI is InChI=1S/C30H36N6O4/c1-23-2-7-26(31-20-23)10-11-34-12-14-36(15-13-34)30(38)40-27-8-9-28(32-21-27)33-29(37)25-5-3-24(4-6-25)22-35-16-18-39-19-17-35/h2-9,20-21H,10-19,22H2,1H3,(H,32,33,37). The van der Waals surface area contributed by atoms with Crippen LogP contribution in [-0.4, -0.2) is 95.7 Å². The number of amides is 2. The minimum atomic E-state index is -0.393. The molecule has 2 fully saturated rings. The van der Waals surface area contributed by atoms with Gasteiger partial charge in [-0.2, -0.15) is 0 Å². The van der Waals surface area contributed by atoms with Gasteiger partial charge in [-0.1, -0.05) is 18.2 Å². The first kappa shape index (κ1) is 27.7. The lowest BCUT2D eigenvalue weighted by atomic mass is 10.1. The fraction of sp³-hybridized carbons (Fsp3) is 0.400. The molecule has 4 heterocycles. The van der Waals surface area contributed by atoms with Gasteiger partial charge in [0.2, 0.25) is 0 Å². The first-order chi connectivity index (χ1) is 19.5. The van der Waals surface area contributed by atoms with Gasteiger partial charge in [0.15, 0.2) is 5.75 Å². The molecule has 0 atom stereocenters. The van der Waals surface area contributed by atoms with Crippen molar-refractivity contribution in [3.63, 3.8) is 0 Å². The predicted molar refractivity (Wildman–Crippen MR) is 151 cm³/mol. The Bertz CT molecular complexity index is 1250. The smallest absolute Gasteiger partial charge is 0.409 e. The summed E-state index contributed by atoms with van der Waals surface area (Å²) in [5.74, 6) is 0.480. The number of carbonyl (C=O) groups excluding carboxylic acids is 2. The number of rotatable bonds is 8. The average molecular weight is 545 g/mol. The van der Waals surface area contributed by atoms with Crippen LogP contribution in [0.5, 0.6) is 5.75 Å². The minimum absolute atomic E-state index is 0.244. The zero-order valence-electron chi connectivity index (χ0n) is 22.9. The minimum Gasteiger partial charge on any atom is -0.409 e. The Hall–Kier alpha value is -3.86. The number of ether oxygens (including phenoxy) is 2. The first-order valence-corrected chi connectivity index (χ1v) is 13.8. The van der Waals surface area contributed by atoms with Crippen LogP contribution in [0.25, 0.3) is 0 Å². The van der Waals surface area contributed by atoms with Crippen molar-refractivity contribution in [3.8, 4) is 5.75 Å². The largest absolute Gasteiger partial charge is 0.415 e. The lowest BCUT2D eigenvalue weighted by molar-refractivity contribution is 0.0342. The second-order valence-electron chi connectivity index (χ2n) is 10.2. The molecule has 2 saturated heterocycles. The third kappa shape index (κ3) is 7.84. The molecule has 10 heteroatoms. The molecular formula is C30H36N6O4. The van der Waals surface area contributed by atoms with Crippen molar-refractivity contribution >= 4 is 17.8 Å². The number of morpholine rings is 1. The zero-order valence-corrected chi connectivity index (χ0v) is 22.9. The highest BCUT2D eigenvalue weighted by molar-refractivity contribution is 6.03. The molecule has 10 nitrogen and oxygen atoms in total. The zero-order chi connectivity index (χ0) is 27.7. The highest BCUT2D eigenvalue weighted by Crippen LogP contribution is 2.16. The van der Waals surface area contributed by atoms with Gasteiger partial charge < -0.3 is 19.7 Å². The normalized spacial score (nSPS) is 16.5. The topological polar surface area (TPSA) is 100 Å². The maximum absolute atomic E-state index is 12.7. The van der Waals surface area contributed by atoms with Crippen LogP contribution in [0.1, 0.15) is 27.2 Å². The summed E-state index contributed by atoms with van der Waals surface area (Å²) < 4.78 is 10.9. The van der Waals surface area contributed by atoms with E-state index in [1.165, 1.54) is 6.20 Å². The molecule has 0 radical (unpaired) electrons. The lowest BCUT2D eigenvalue weighted by Crippen LogP contribution is -2.49. The summed E-state index contributed by atoms with van der Waals surface area (Å²) in [5, 5.41) is 2.80. The number of aryl methyl sites for hydroxylation is 1. The predicted octanol–water partition coefficient (Wildman–Crippen LogP) is 3.23. The summed E-state index contributed by atoms with van der Waals surface area (Å²) in [6, 6.07) is 15.0. The lowest BCUT2D eigenvalue weighted by Gasteiger charge is -2.33. The van der Waals surface area contributed by atoms with E-state index in [2.05, 4.69) is 37.2 Å². The number of pyridine rings is 2. The number of anilines is 1. The van der Waals surface area contributed by atoms with Crippen LogP contribution in [0.4, 0.5) is 10.6 Å². The molecular weight excluding hydrogens is 508 g/mol. The van der Waals surface area contributed by atoms with Crippen molar-refractivity contribution in [1.29, 1.82) is 0 Å². The Morgan fingerprint density at radius 1 is 0.875 bits per heavy atom. The van der Waals surface area contributed by atoms with Gasteiger partial charge in [-0.25, -0.2) is 9.78 Å². The molecule has 3 aromatic rings. The molecule has 40 heavy (non-hydrogen) atoms. The Labute approximate surface area is 234 Å². The highest BCUT2D eigenvalue weighted by Gasteiger charge is 2.22. The van der Waals surface area contributed by atoms with Crippen LogP contribution in [-0.2, 0) is 17.7 Å². The van der Waals surface area contributed by atoms with Gasteiger partial charge in [0.25, 0.3) is 5.91 Å². The second kappa shape index (κ2) is 13.5. The number of nitrogens with zero attached hydrogens (tertiary/aromatic N) is 5. The third-order valence-corrected chi connectivity index (χ3v) is 7.20. The fourth-order valence-corrected chi connectivity index (χ4v) is 4.72. The second-order valence-corrected chi connectivity index (χ2v) is 10.2. The average Bonchev–Trinajstić information content (AvgIpc) is 2.99. The van der Waals surface area contributed by atoms with Gasteiger partial charge in [-0.05, 0) is 48.4 Å². The van der Waals surface area contributed by atoms with Crippen LogP contribution in [0.3, 0.4) is 0 Å². The van der Waals surface area contributed by atoms with E-state index >= 15 is 0 Å². The number of aromatic nitrogens is 2. The Morgan fingerprint density at radius 3 is 2.33 bits per heavy atom. The van der Waals surface area contributed by atoms with E-state index < -0.39 is 6.09 Å². The van der Waals surface area contributed by atoms with Crippen molar-refractivity contribution < 1.29 is 19.1 Å². The number of piperazine rings is 1. The van der Waals surface area contributed by atoms with E-state index in [-0.39, 0.29) is 5.91 Å². The van der Waals surface area contributed by atoms with Crippen molar-refractivity contribution in [2.45, 2.75) is 19.9 Å². The van der Waals surface area contributed by atoms with Gasteiger partial charge in [0.1, 0.15) is 5.82 Å². The first-order valence-electron chi connectivity index (χ1n) is 13.8. The van der Waals surface area contributed by atoms with Crippen LogP contribution < -0.4 is 10.1 Å². The molecule has 0 aliphatic carbocycles. The monoisotopic (exact) mass is 544 g/mol. The highest BCUT2D eigenvalue weighted by atomic mass is 16.6. The number of hydrogen-bond acceptors (Lipinski definition) is 8. The van der Waals surface area contributed by atoms with Crippen molar-refractivity contribution in [3.05, 3.63) is 83.3 Å². The molecule has 2 aromatic heterocycles. The molecule has 2 aliphatic rings. The van der Waals surface area contributed by atoms with Crippen molar-refractivity contribution in [1.82, 2.24) is 24.7 Å². The molecule has 5 rings (SSSR count). The molecule has 0 spiro atoms. The van der Waals surface area contributed by atoms with E-state index in [1.807, 2.05) is 37.4 Å². The summed E-state index contributed by atoms with van der Waals surface area (Å²) in [6.07, 6.45) is 3.84. The van der Waals surface area contributed by atoms with Crippen molar-refractivity contribution in [2.75, 3.05) is 64.3 Å². The van der Waals surface area contributed by atoms with E-state index in [4.69, 9.17) is 9.47 Å². The molecule has 0 unspecified atom stereocenters. The van der Waals surface area contributed by atoms with E-state index in [0.717, 1.165) is 75.7 Å². The van der Waals surface area contributed by atoms with Gasteiger partial charge in [-0.3, -0.25) is 19.6 Å². The fourth-order valence-electron chi connectivity index (χ4n) is 4.72.